The van der Waals surface area contributed by atoms with Crippen molar-refractivity contribution < 1.29 is 71.2 Å². The summed E-state index contributed by atoms with van der Waals surface area (Å²) in [5, 5.41) is 23.8. The molecule has 15 nitrogen and oxygen atoms in total. The molecule has 0 aromatic heterocycles. The second-order valence-electron chi connectivity index (χ2n) is 26.1. The van der Waals surface area contributed by atoms with Crippen molar-refractivity contribution in [3.63, 3.8) is 0 Å². The Bertz CT molecular complexity index is 4100. The van der Waals surface area contributed by atoms with E-state index in [1.54, 1.807) is 150 Å². The minimum Gasteiger partial charge on any atom is -0.508 e. The number of carbonyl (C=O) groups excluding carboxylic acids is 7. The molecule has 0 spiro atoms. The van der Waals surface area contributed by atoms with Crippen molar-refractivity contribution in [2.75, 3.05) is 54.4 Å². The Morgan fingerprint density at radius 3 is 1.21 bits per heavy atom. The number of halogens is 4. The zero-order chi connectivity index (χ0) is 75.9. The second-order valence-corrected chi connectivity index (χ2v) is 26.5. The van der Waals surface area contributed by atoms with Gasteiger partial charge in [0.05, 0.1) is 27.8 Å². The maximum absolute atomic E-state index is 15.0. The smallest absolute Gasteiger partial charge is 0.170 e. The predicted octanol–water partition coefficient (Wildman–Crippen LogP) is 16.3. The molecule has 10 atom stereocenters. The van der Waals surface area contributed by atoms with E-state index in [1.807, 2.05) is 60.8 Å². The Labute approximate surface area is 608 Å². The Morgan fingerprint density at radius 1 is 0.515 bits per heavy atom. The number of aldehydes is 1. The van der Waals surface area contributed by atoms with Gasteiger partial charge >= 0.3 is 0 Å². The summed E-state index contributed by atoms with van der Waals surface area (Å²) in [6.45, 7) is 17.7. The van der Waals surface area contributed by atoms with Crippen molar-refractivity contribution in [2.45, 2.75) is 111 Å². The third-order valence-electron chi connectivity index (χ3n) is 19.0. The number of nitrogens with one attached hydrogen (secondary N) is 1. The summed E-state index contributed by atoms with van der Waals surface area (Å²) in [7, 11) is 8.59. The number of methoxy groups -OCH3 is 3. The number of likely N-dealkylation sites (tertiary alicyclic amines) is 1. The summed E-state index contributed by atoms with van der Waals surface area (Å²) in [5.41, 5.74) is 5.19. The second kappa shape index (κ2) is 39.2. The Hall–Kier alpha value is -9.59. The normalized spacial score (nSPS) is 19.7. The number of phenolic OH excluding ortho intramolecular Hbond substituents is 2. The molecule has 103 heavy (non-hydrogen) atoms. The zero-order valence-corrected chi connectivity index (χ0v) is 61.8. The van der Waals surface area contributed by atoms with Crippen LogP contribution in [-0.2, 0) is 4.79 Å². The van der Waals surface area contributed by atoms with Crippen LogP contribution in [0, 0.1) is 61.9 Å². The average Bonchev–Trinajstić information content (AvgIpc) is 0.744. The molecule has 2 aliphatic rings. The highest BCUT2D eigenvalue weighted by Crippen LogP contribution is 2.49. The van der Waals surface area contributed by atoms with Gasteiger partial charge in [-0.1, -0.05) is 104 Å². The number of carbonyl (C=O) groups is 7. The average molecular weight is 1430 g/mol. The Morgan fingerprint density at radius 2 is 0.854 bits per heavy atom. The van der Waals surface area contributed by atoms with Gasteiger partial charge in [0.1, 0.15) is 58.3 Å². The standard InChI is InChI=1S/C32H37FN2O4.C30H32FNO4.C11H12O3.C8H7FO.C3H7Cl/c1-19-26(13-8-14-27(19)33)30-28(31(38)22-9-6-11-24(36)17-22)20(2)35(16-15-34(4)5)21(3)29(30)32(39)23-10-7-12-25(37)18-23;1-17-24(13-8-14-25(17)31)28-26(29(33)20-9-6-11-22(15-20)35-4)18(2)32-19(3)27(28)30(34)21-10-7-12-23(16-21)36-5;1-8(12)6-11(13)9-4-3-5-10(7-9)14-2;1-6-7(5-10)3-2-4-8(6)9;1-2-3-4/h6-14,17-18,20-21,28-30,36-37H,15-16H2,1-5H3;6-16,18-19,26-28,32H,1-5H3;3-5,7H,6H2,1-2H3;2-5H,1H3;2-3H2,1H3/t20-,21+,28-,29+,30?;18-,19+,26-,27+,28?;;;. The monoisotopic (exact) mass is 1430 g/mol. The number of aromatic hydroxyl groups is 2. The Kier molecular flexibility index (Phi) is 31.3. The molecule has 2 fully saturated rings. The zero-order valence-electron chi connectivity index (χ0n) is 61.0. The highest BCUT2D eigenvalue weighted by Gasteiger charge is 2.53. The molecule has 2 saturated heterocycles. The van der Waals surface area contributed by atoms with Gasteiger partial charge in [0.2, 0.25) is 0 Å². The van der Waals surface area contributed by atoms with E-state index in [9.17, 15) is 56.9 Å². The topological polar surface area (TPSA) is 206 Å². The highest BCUT2D eigenvalue weighted by atomic mass is 35.5. The highest BCUT2D eigenvalue weighted by molar-refractivity contribution is 6.17. The van der Waals surface area contributed by atoms with Crippen LogP contribution < -0.4 is 19.5 Å². The van der Waals surface area contributed by atoms with Crippen LogP contribution >= 0.6 is 11.6 Å². The largest absolute Gasteiger partial charge is 0.508 e. The number of ketones is 6. The van der Waals surface area contributed by atoms with Crippen LogP contribution in [0.15, 0.2) is 176 Å². The van der Waals surface area contributed by atoms with Gasteiger partial charge in [-0.25, -0.2) is 13.2 Å². The van der Waals surface area contributed by atoms with Crippen molar-refractivity contribution in [3.8, 4) is 28.7 Å². The maximum Gasteiger partial charge on any atom is 0.170 e. The minimum absolute atomic E-state index is 0.0204. The maximum atomic E-state index is 15.0. The molecule has 546 valence electrons. The van der Waals surface area contributed by atoms with E-state index in [1.165, 1.54) is 62.6 Å². The summed E-state index contributed by atoms with van der Waals surface area (Å²) in [4.78, 5) is 93.3. The molecule has 10 rings (SSSR count). The van der Waals surface area contributed by atoms with E-state index in [4.69, 9.17) is 25.8 Å². The molecule has 0 aliphatic carbocycles. The first-order chi connectivity index (χ1) is 49.1. The number of Topliss-reactive ketones (excluding diaryl/α,β-unsaturated/α-hetero) is 6. The van der Waals surface area contributed by atoms with Crippen LogP contribution in [0.5, 0.6) is 28.7 Å². The fourth-order valence-electron chi connectivity index (χ4n) is 13.6. The van der Waals surface area contributed by atoms with Gasteiger partial charge in [-0.3, -0.25) is 38.5 Å². The first-order valence-corrected chi connectivity index (χ1v) is 34.7. The minimum atomic E-state index is -0.697. The molecular formula is C84H95ClF3N3O12. The van der Waals surface area contributed by atoms with Crippen LogP contribution in [0.1, 0.15) is 156 Å². The molecule has 0 radical (unpaired) electrons. The number of ether oxygens (including phenoxy) is 3. The lowest BCUT2D eigenvalue weighted by molar-refractivity contribution is -0.116. The number of alkyl halides is 1. The van der Waals surface area contributed by atoms with Gasteiger partial charge < -0.3 is 34.6 Å². The molecule has 2 unspecified atom stereocenters. The van der Waals surface area contributed by atoms with Gasteiger partial charge in [-0.15, -0.1) is 11.6 Å². The molecular weight excluding hydrogens is 1340 g/mol. The molecule has 8 aromatic carbocycles. The van der Waals surface area contributed by atoms with Gasteiger partial charge in [-0.05, 0) is 183 Å². The van der Waals surface area contributed by atoms with Crippen LogP contribution in [0.2, 0.25) is 0 Å². The lowest BCUT2D eigenvalue weighted by Gasteiger charge is -2.52. The first kappa shape index (κ1) is 82.4. The molecule has 0 saturated carbocycles. The number of piperidine rings is 2. The van der Waals surface area contributed by atoms with Crippen molar-refractivity contribution in [1.82, 2.24) is 15.1 Å². The molecule has 0 bridgehead atoms. The summed E-state index contributed by atoms with van der Waals surface area (Å²) < 4.78 is 58.0. The third kappa shape index (κ3) is 21.3. The number of phenols is 2. The summed E-state index contributed by atoms with van der Waals surface area (Å²) in [6.07, 6.45) is 1.69. The van der Waals surface area contributed by atoms with E-state index in [0.29, 0.717) is 91.3 Å². The quantitative estimate of drug-likeness (QED) is 0.0265. The van der Waals surface area contributed by atoms with E-state index >= 15 is 0 Å². The molecule has 0 amide bonds. The lowest BCUT2D eigenvalue weighted by atomic mass is 9.62. The molecule has 2 heterocycles. The fourth-order valence-corrected chi connectivity index (χ4v) is 13.6. The predicted molar refractivity (Wildman–Crippen MR) is 398 cm³/mol. The first-order valence-electron chi connectivity index (χ1n) is 34.2. The number of likely N-dealkylation sites (N-methyl/N-ethyl adjacent to an activating group) is 1. The van der Waals surface area contributed by atoms with Gasteiger partial charge in [0.15, 0.2) is 28.9 Å². The van der Waals surface area contributed by atoms with Crippen molar-refractivity contribution in [1.29, 1.82) is 0 Å². The van der Waals surface area contributed by atoms with E-state index in [0.717, 1.165) is 18.8 Å². The van der Waals surface area contributed by atoms with Crippen molar-refractivity contribution in [2.24, 2.45) is 23.7 Å². The number of nitrogens with zero attached hydrogens (tertiary/aromatic N) is 2. The van der Waals surface area contributed by atoms with E-state index < -0.39 is 41.3 Å². The number of rotatable bonds is 21. The van der Waals surface area contributed by atoms with Gasteiger partial charge in [0, 0.05) is 112 Å². The van der Waals surface area contributed by atoms with Crippen molar-refractivity contribution in [3.05, 3.63) is 255 Å². The molecule has 8 aromatic rings. The lowest BCUT2D eigenvalue weighted by Crippen LogP contribution is -2.60. The van der Waals surface area contributed by atoms with Crippen LogP contribution in [0.3, 0.4) is 0 Å². The summed E-state index contributed by atoms with van der Waals surface area (Å²) in [5.74, 6) is -3.26. The van der Waals surface area contributed by atoms with Gasteiger partial charge in [-0.2, -0.15) is 0 Å². The Balaban J connectivity index is 0.000000237. The molecule has 2 aliphatic heterocycles. The SMILES string of the molecule is CCCCl.COc1cccc(C(=O)CC(C)=O)c1.COc1cccc(C(=O)[C@@H]2C(c3cccc(F)c3C)[C@H](C(=O)c3cccc(OC)c3)[C@@H](C)N[C@H]2C)c1.Cc1c(F)cccc1C1[C@@H](C(=O)c2cccc(O)c2)[C@H](C)N(CCN(C)C)[C@H](C)[C@H]1C(=O)c1cccc(O)c1.Cc1c(F)cccc1C=O. The molecule has 3 N–H and O–H groups in total. The third-order valence-corrected chi connectivity index (χ3v) is 19.4. The van der Waals surface area contributed by atoms with Crippen LogP contribution in [-0.4, -0.2) is 140 Å². The van der Waals surface area contributed by atoms with Crippen LogP contribution in [0.4, 0.5) is 13.2 Å². The summed E-state index contributed by atoms with van der Waals surface area (Å²) >= 11 is 5.19. The number of hydrogen-bond donors (Lipinski definition) is 3. The number of benzene rings is 8. The fraction of sp³-hybridized carbons (Fsp3) is 0.345. The van der Waals surface area contributed by atoms with Crippen LogP contribution in [0.25, 0.3) is 0 Å². The summed E-state index contributed by atoms with van der Waals surface area (Å²) in [6, 6.07) is 46.4. The van der Waals surface area contributed by atoms with Gasteiger partial charge in [0.25, 0.3) is 0 Å². The van der Waals surface area contributed by atoms with E-state index in [2.05, 4.69) is 15.1 Å². The van der Waals surface area contributed by atoms with Crippen molar-refractivity contribution >= 4 is 52.6 Å². The molecule has 19 heteroatoms. The number of hydrogen-bond acceptors (Lipinski definition) is 15. The van der Waals surface area contributed by atoms with E-state index in [-0.39, 0.29) is 88.4 Å².